The fourth-order valence-corrected chi connectivity index (χ4v) is 3.37. The minimum Gasteiger partial charge on any atom is -0.370 e. The predicted octanol–water partition coefficient (Wildman–Crippen LogP) is 4.03. The molecule has 1 N–H and O–H groups in total. The van der Waals surface area contributed by atoms with Crippen LogP contribution in [0.25, 0.3) is 0 Å². The molecule has 1 amide bonds. The van der Waals surface area contributed by atoms with Crippen molar-refractivity contribution in [3.05, 3.63) is 34.3 Å². The van der Waals surface area contributed by atoms with Gasteiger partial charge < -0.3 is 10.1 Å². The lowest BCUT2D eigenvalue weighted by Crippen LogP contribution is -2.43. The molecule has 1 aliphatic heterocycles. The molecule has 4 heteroatoms. The van der Waals surface area contributed by atoms with Gasteiger partial charge in [-0.25, -0.2) is 0 Å². The van der Waals surface area contributed by atoms with E-state index >= 15 is 0 Å². The minimum atomic E-state index is -0.0586. The van der Waals surface area contributed by atoms with Crippen LogP contribution >= 0.6 is 11.6 Å². The number of rotatable bonds is 3. The van der Waals surface area contributed by atoms with Crippen LogP contribution in [-0.4, -0.2) is 18.1 Å². The highest BCUT2D eigenvalue weighted by Gasteiger charge is 2.33. The highest BCUT2D eigenvalue weighted by molar-refractivity contribution is 6.31. The van der Waals surface area contributed by atoms with Crippen LogP contribution in [0.3, 0.4) is 0 Å². The Balaban J connectivity index is 2.27. The molecule has 0 radical (unpaired) electrons. The van der Waals surface area contributed by atoms with E-state index in [1.165, 1.54) is 0 Å². The van der Waals surface area contributed by atoms with E-state index in [1.54, 1.807) is 6.92 Å². The molecule has 116 valence electrons. The quantitative estimate of drug-likeness (QED) is 0.915. The van der Waals surface area contributed by atoms with Gasteiger partial charge in [-0.15, -0.1) is 0 Å². The molecule has 2 rings (SSSR count). The van der Waals surface area contributed by atoms with Gasteiger partial charge in [0.15, 0.2) is 0 Å². The van der Waals surface area contributed by atoms with E-state index in [4.69, 9.17) is 16.3 Å². The average Bonchev–Trinajstić information content (AvgIpc) is 2.37. The number of hydrogen-bond acceptors (Lipinski definition) is 2. The van der Waals surface area contributed by atoms with E-state index in [1.807, 2.05) is 12.1 Å². The summed E-state index contributed by atoms with van der Waals surface area (Å²) in [5, 5.41) is 3.78. The summed E-state index contributed by atoms with van der Waals surface area (Å²) in [4.78, 5) is 11.4. The lowest BCUT2D eigenvalue weighted by molar-refractivity contribution is -0.123. The highest BCUT2D eigenvalue weighted by atomic mass is 35.5. The monoisotopic (exact) mass is 309 g/mol. The second-order valence-electron chi connectivity index (χ2n) is 6.25. The van der Waals surface area contributed by atoms with E-state index in [0.29, 0.717) is 5.92 Å². The molecule has 1 heterocycles. The minimum absolute atomic E-state index is 0.0130. The van der Waals surface area contributed by atoms with Crippen molar-refractivity contribution >= 4 is 17.5 Å². The summed E-state index contributed by atoms with van der Waals surface area (Å²) in [6, 6.07) is 6.05. The normalized spacial score (nSPS) is 25.9. The van der Waals surface area contributed by atoms with E-state index < -0.39 is 0 Å². The van der Waals surface area contributed by atoms with Crippen LogP contribution in [0.4, 0.5) is 0 Å². The van der Waals surface area contributed by atoms with Crippen LogP contribution in [0.2, 0.25) is 5.02 Å². The first-order chi connectivity index (χ1) is 9.88. The van der Waals surface area contributed by atoms with Gasteiger partial charge in [-0.2, -0.15) is 0 Å². The molecular formula is C17H24ClNO2. The molecule has 1 aromatic carbocycles. The molecule has 1 aromatic rings. The zero-order valence-electron chi connectivity index (χ0n) is 13.2. The third-order valence-corrected chi connectivity index (χ3v) is 4.43. The van der Waals surface area contributed by atoms with Gasteiger partial charge in [-0.3, -0.25) is 4.79 Å². The second-order valence-corrected chi connectivity index (χ2v) is 6.65. The van der Waals surface area contributed by atoms with Gasteiger partial charge in [0.05, 0.1) is 12.2 Å². The van der Waals surface area contributed by atoms with Crippen LogP contribution in [0.15, 0.2) is 18.2 Å². The van der Waals surface area contributed by atoms with Gasteiger partial charge in [0.2, 0.25) is 5.91 Å². The topological polar surface area (TPSA) is 38.3 Å². The van der Waals surface area contributed by atoms with Crippen molar-refractivity contribution in [1.82, 2.24) is 5.32 Å². The van der Waals surface area contributed by atoms with Gasteiger partial charge in [0.25, 0.3) is 0 Å². The third-order valence-electron chi connectivity index (χ3n) is 4.10. The zero-order chi connectivity index (χ0) is 15.6. The number of carbonyl (C=O) groups is 1. The molecule has 0 aromatic heterocycles. The Morgan fingerprint density at radius 3 is 2.67 bits per heavy atom. The fourth-order valence-electron chi connectivity index (χ4n) is 3.03. The van der Waals surface area contributed by atoms with Gasteiger partial charge in [-0.1, -0.05) is 37.6 Å². The van der Waals surface area contributed by atoms with E-state index in [0.717, 1.165) is 29.0 Å². The molecule has 3 nitrogen and oxygen atoms in total. The molecular weight excluding hydrogens is 286 g/mol. The first kappa shape index (κ1) is 16.3. The maximum atomic E-state index is 11.4. The fraction of sp³-hybridized carbons (Fsp3) is 0.588. The van der Waals surface area contributed by atoms with E-state index in [2.05, 4.69) is 32.2 Å². The summed E-state index contributed by atoms with van der Waals surface area (Å²) >= 11 is 6.38. The number of hydrogen-bond donors (Lipinski definition) is 1. The van der Waals surface area contributed by atoms with Crippen LogP contribution in [0.5, 0.6) is 0 Å². The van der Waals surface area contributed by atoms with Crippen LogP contribution < -0.4 is 5.32 Å². The van der Waals surface area contributed by atoms with Crippen molar-refractivity contribution in [2.45, 2.75) is 58.8 Å². The van der Waals surface area contributed by atoms with Crippen molar-refractivity contribution in [3.63, 3.8) is 0 Å². The van der Waals surface area contributed by atoms with Gasteiger partial charge >= 0.3 is 0 Å². The van der Waals surface area contributed by atoms with Crippen LogP contribution in [0.1, 0.15) is 50.8 Å². The van der Waals surface area contributed by atoms with Crippen molar-refractivity contribution in [1.29, 1.82) is 0 Å². The Morgan fingerprint density at radius 2 is 2.10 bits per heavy atom. The number of carbonyl (C=O) groups excluding carboxylic acids is 1. The maximum Gasteiger partial charge on any atom is 0.217 e. The molecule has 0 bridgehead atoms. The van der Waals surface area contributed by atoms with Gasteiger partial charge in [0.1, 0.15) is 0 Å². The Labute approximate surface area is 132 Å². The third kappa shape index (κ3) is 3.98. The van der Waals surface area contributed by atoms with Gasteiger partial charge in [-0.05, 0) is 37.3 Å². The average molecular weight is 310 g/mol. The Kier molecular flexibility index (Phi) is 5.28. The molecule has 3 atom stereocenters. The Morgan fingerprint density at radius 1 is 1.38 bits per heavy atom. The zero-order valence-corrected chi connectivity index (χ0v) is 13.9. The number of amides is 1. The highest BCUT2D eigenvalue weighted by Crippen LogP contribution is 2.38. The van der Waals surface area contributed by atoms with Gasteiger partial charge in [0, 0.05) is 23.6 Å². The Hall–Kier alpha value is -1.06. The standard InChI is InChI=1S/C17H24ClNO2/c1-10(2)15-8-13(19-12(4)20)9-16(21-15)17-11(3)6-5-7-14(17)18/h5-7,10,13,15-16H,8-9H2,1-4H3,(H,19,20)/t13-,15-,16+/m0/s1. The molecule has 1 saturated heterocycles. The maximum absolute atomic E-state index is 11.4. The Bertz CT molecular complexity index is 495. The first-order valence-corrected chi connectivity index (χ1v) is 7.93. The summed E-state index contributed by atoms with van der Waals surface area (Å²) in [7, 11) is 0. The lowest BCUT2D eigenvalue weighted by Gasteiger charge is -2.38. The number of halogens is 1. The van der Waals surface area contributed by atoms with E-state index in [-0.39, 0.29) is 24.2 Å². The first-order valence-electron chi connectivity index (χ1n) is 7.56. The number of nitrogens with one attached hydrogen (secondary N) is 1. The largest absolute Gasteiger partial charge is 0.370 e. The molecule has 1 fully saturated rings. The molecule has 21 heavy (non-hydrogen) atoms. The summed E-state index contributed by atoms with van der Waals surface area (Å²) in [5.74, 6) is 0.422. The molecule has 0 unspecified atom stereocenters. The summed E-state index contributed by atoms with van der Waals surface area (Å²) in [6.07, 6.45) is 1.71. The van der Waals surface area contributed by atoms with Crippen LogP contribution in [-0.2, 0) is 9.53 Å². The number of benzene rings is 1. The molecule has 1 aliphatic rings. The summed E-state index contributed by atoms with van der Waals surface area (Å²) in [5.41, 5.74) is 2.19. The van der Waals surface area contributed by atoms with Crippen molar-refractivity contribution in [2.75, 3.05) is 0 Å². The SMILES string of the molecule is CC(=O)N[C@H]1C[C@@H](C(C)C)O[C@@H](c2c(C)cccc2Cl)C1. The predicted molar refractivity (Wildman–Crippen MR) is 85.5 cm³/mol. The number of aryl methyl sites for hydroxylation is 1. The molecule has 0 aliphatic carbocycles. The summed E-state index contributed by atoms with van der Waals surface area (Å²) in [6.45, 7) is 7.92. The number of ether oxygens (including phenoxy) is 1. The molecule has 0 spiro atoms. The van der Waals surface area contributed by atoms with E-state index in [9.17, 15) is 4.79 Å². The van der Waals surface area contributed by atoms with Crippen molar-refractivity contribution < 1.29 is 9.53 Å². The molecule has 0 saturated carbocycles. The second kappa shape index (κ2) is 6.80. The summed E-state index contributed by atoms with van der Waals surface area (Å²) < 4.78 is 6.27. The van der Waals surface area contributed by atoms with Crippen LogP contribution in [0, 0.1) is 12.8 Å². The lowest BCUT2D eigenvalue weighted by atomic mass is 9.88. The van der Waals surface area contributed by atoms with Crippen molar-refractivity contribution in [3.8, 4) is 0 Å². The van der Waals surface area contributed by atoms with Crippen molar-refractivity contribution in [2.24, 2.45) is 5.92 Å². The smallest absolute Gasteiger partial charge is 0.217 e.